The van der Waals surface area contributed by atoms with Gasteiger partial charge in [-0.3, -0.25) is 9.93 Å². The van der Waals surface area contributed by atoms with Crippen molar-refractivity contribution in [3.05, 3.63) is 24.5 Å². The molecule has 1 rings (SSSR count). The number of rotatable bonds is 1. The monoisotopic (exact) mass is 112 g/mol. The second kappa shape index (κ2) is 2.26. The number of hydrogen-bond donors (Lipinski definition) is 0. The van der Waals surface area contributed by atoms with E-state index in [0.717, 1.165) is 0 Å². The van der Waals surface area contributed by atoms with Crippen molar-refractivity contribution >= 4 is 0 Å². The molecular weight excluding hydrogens is 109 g/mol. The molecule has 0 fully saturated rings. The fourth-order valence-electron chi connectivity index (χ4n) is 0.352. The first-order chi connectivity index (χ1) is 3.93. The summed E-state index contributed by atoms with van der Waals surface area (Å²) in [6, 6.07) is 2.89. The van der Waals surface area contributed by atoms with Crippen LogP contribution in [0.1, 0.15) is 0 Å². The molecule has 1 heterocycles. The van der Waals surface area contributed by atoms with Gasteiger partial charge in [0.1, 0.15) is 0 Å². The zero-order valence-electron chi connectivity index (χ0n) is 3.97. The van der Waals surface area contributed by atoms with Crippen LogP contribution in [0.4, 0.5) is 4.53 Å². The maximum atomic E-state index is 11.2. The van der Waals surface area contributed by atoms with Crippen molar-refractivity contribution in [2.24, 2.45) is 0 Å². The maximum Gasteiger partial charge on any atom is 0.190 e. The molecule has 0 saturated carbocycles. The summed E-state index contributed by atoms with van der Waals surface area (Å²) in [5, 5.41) is 0. The molecule has 0 atom stereocenters. The van der Waals surface area contributed by atoms with E-state index >= 15 is 0 Å². The highest BCUT2D eigenvalue weighted by Crippen LogP contribution is 2.04. The minimum Gasteiger partial charge on any atom is -0.293 e. The number of nitrogens with zero attached hydrogens (tertiary/aromatic N) is 1. The molecular formula is C5H3FNO. The second-order valence-electron chi connectivity index (χ2n) is 1.20. The van der Waals surface area contributed by atoms with Crippen molar-refractivity contribution in [1.29, 1.82) is 0 Å². The summed E-state index contributed by atoms with van der Waals surface area (Å²) >= 11 is 0. The first-order valence-electron chi connectivity index (χ1n) is 2.04. The molecule has 1 radical (unpaired) electrons. The van der Waals surface area contributed by atoms with Gasteiger partial charge in [0.15, 0.2) is 5.75 Å². The van der Waals surface area contributed by atoms with Gasteiger partial charge in [-0.05, 0) is 12.1 Å². The van der Waals surface area contributed by atoms with Gasteiger partial charge >= 0.3 is 0 Å². The Labute approximate surface area is 45.8 Å². The van der Waals surface area contributed by atoms with Crippen LogP contribution in [-0.2, 0) is 0 Å². The topological polar surface area (TPSA) is 22.1 Å². The molecule has 0 aliphatic rings. The Bertz CT molecular complexity index is 154. The fourth-order valence-corrected chi connectivity index (χ4v) is 0.352. The summed E-state index contributed by atoms with van der Waals surface area (Å²) in [5.74, 6) is 0.101. The van der Waals surface area contributed by atoms with E-state index in [1.54, 1.807) is 0 Å². The van der Waals surface area contributed by atoms with Gasteiger partial charge in [-0.2, -0.15) is 0 Å². The van der Waals surface area contributed by atoms with Gasteiger partial charge < -0.3 is 0 Å². The van der Waals surface area contributed by atoms with Crippen LogP contribution in [0.25, 0.3) is 0 Å². The predicted molar refractivity (Wildman–Crippen MR) is 24.8 cm³/mol. The molecule has 1 aromatic rings. The van der Waals surface area contributed by atoms with Gasteiger partial charge in [0, 0.05) is 4.53 Å². The van der Waals surface area contributed by atoms with Crippen LogP contribution in [0.2, 0.25) is 0 Å². The molecule has 0 amide bonds. The number of hydrogen-bond acceptors (Lipinski definition) is 2. The molecule has 0 N–H and O–H groups in total. The van der Waals surface area contributed by atoms with Crippen LogP contribution < -0.4 is 4.94 Å². The Morgan fingerprint density at radius 3 is 3.00 bits per heavy atom. The van der Waals surface area contributed by atoms with E-state index in [4.69, 9.17) is 0 Å². The molecule has 41 valence electrons. The lowest BCUT2D eigenvalue weighted by Gasteiger charge is -1.86. The van der Waals surface area contributed by atoms with E-state index in [2.05, 4.69) is 16.1 Å². The summed E-state index contributed by atoms with van der Waals surface area (Å²) in [4.78, 5) is 6.80. The number of halogens is 1. The average Bonchev–Trinajstić information content (AvgIpc) is 1.90. The van der Waals surface area contributed by atoms with Crippen LogP contribution in [0.3, 0.4) is 0 Å². The van der Waals surface area contributed by atoms with E-state index in [0.29, 0.717) is 0 Å². The first kappa shape index (κ1) is 5.03. The zero-order chi connectivity index (χ0) is 5.82. The molecule has 8 heavy (non-hydrogen) atoms. The summed E-state index contributed by atoms with van der Waals surface area (Å²) in [6.45, 7) is 0. The van der Waals surface area contributed by atoms with Crippen molar-refractivity contribution in [3.8, 4) is 5.75 Å². The highest BCUT2D eigenvalue weighted by molar-refractivity contribution is 5.13. The van der Waals surface area contributed by atoms with Crippen molar-refractivity contribution in [3.63, 3.8) is 0 Å². The molecule has 0 unspecified atom stereocenters. The lowest BCUT2D eigenvalue weighted by atomic mass is 10.5. The van der Waals surface area contributed by atoms with Gasteiger partial charge in [0.25, 0.3) is 0 Å². The van der Waals surface area contributed by atoms with Crippen LogP contribution in [0.15, 0.2) is 18.3 Å². The van der Waals surface area contributed by atoms with Crippen LogP contribution in [0.5, 0.6) is 5.75 Å². The zero-order valence-corrected chi connectivity index (χ0v) is 3.97. The highest BCUT2D eigenvalue weighted by atomic mass is 19.3. The molecule has 2 nitrogen and oxygen atoms in total. The molecule has 0 aliphatic heterocycles. The standard InChI is InChI=1S/C5H3FNO/c6-8-5-2-1-3-7-4-5/h1-2,4H. The van der Waals surface area contributed by atoms with Crippen LogP contribution in [0, 0.1) is 6.20 Å². The molecule has 0 saturated heterocycles. The minimum atomic E-state index is 0.101. The molecule has 1 aromatic heterocycles. The summed E-state index contributed by atoms with van der Waals surface area (Å²) in [6.07, 6.45) is 3.71. The van der Waals surface area contributed by atoms with E-state index < -0.39 is 0 Å². The summed E-state index contributed by atoms with van der Waals surface area (Å²) < 4.78 is 11.2. The van der Waals surface area contributed by atoms with E-state index in [1.165, 1.54) is 18.3 Å². The van der Waals surface area contributed by atoms with Crippen molar-refractivity contribution in [2.45, 2.75) is 0 Å². The normalized spacial score (nSPS) is 8.62. The van der Waals surface area contributed by atoms with Gasteiger partial charge in [-0.1, -0.05) is 0 Å². The number of aromatic nitrogens is 1. The smallest absolute Gasteiger partial charge is 0.190 e. The molecule has 0 spiro atoms. The molecule has 3 heteroatoms. The lowest BCUT2D eigenvalue weighted by molar-refractivity contribution is -0.00664. The quantitative estimate of drug-likeness (QED) is 0.543. The Kier molecular flexibility index (Phi) is 1.42. The van der Waals surface area contributed by atoms with Gasteiger partial charge in [-0.15, -0.1) is 0 Å². The summed E-state index contributed by atoms with van der Waals surface area (Å²) in [7, 11) is 0. The Balaban J connectivity index is 2.83. The predicted octanol–water partition coefficient (Wildman–Crippen LogP) is 1.15. The Morgan fingerprint density at radius 1 is 1.75 bits per heavy atom. The summed E-state index contributed by atoms with van der Waals surface area (Å²) in [5.41, 5.74) is 0. The number of pyridine rings is 1. The fraction of sp³-hybridized carbons (Fsp3) is 0. The van der Waals surface area contributed by atoms with Crippen molar-refractivity contribution < 1.29 is 9.47 Å². The second-order valence-corrected chi connectivity index (χ2v) is 1.20. The van der Waals surface area contributed by atoms with E-state index in [9.17, 15) is 4.53 Å². The van der Waals surface area contributed by atoms with Gasteiger partial charge in [-0.25, -0.2) is 0 Å². The van der Waals surface area contributed by atoms with Gasteiger partial charge in [0.2, 0.25) is 0 Å². The molecule has 0 aliphatic carbocycles. The maximum absolute atomic E-state index is 11.2. The largest absolute Gasteiger partial charge is 0.293 e. The van der Waals surface area contributed by atoms with E-state index in [-0.39, 0.29) is 5.75 Å². The van der Waals surface area contributed by atoms with Crippen molar-refractivity contribution in [2.75, 3.05) is 0 Å². The van der Waals surface area contributed by atoms with Gasteiger partial charge in [0.05, 0.1) is 12.4 Å². The molecule has 0 bridgehead atoms. The van der Waals surface area contributed by atoms with Crippen LogP contribution in [-0.4, -0.2) is 4.98 Å². The Morgan fingerprint density at radius 2 is 2.62 bits per heavy atom. The Hall–Kier alpha value is -1.12. The third-order valence-corrected chi connectivity index (χ3v) is 0.678. The lowest BCUT2D eigenvalue weighted by Crippen LogP contribution is -1.75. The average molecular weight is 112 g/mol. The molecule has 0 aromatic carbocycles. The SMILES string of the molecule is FOc1cc[c]nc1. The van der Waals surface area contributed by atoms with Crippen LogP contribution >= 0.6 is 0 Å². The highest BCUT2D eigenvalue weighted by Gasteiger charge is 1.86. The minimum absolute atomic E-state index is 0.101. The third-order valence-electron chi connectivity index (χ3n) is 0.678. The van der Waals surface area contributed by atoms with Crippen molar-refractivity contribution in [1.82, 2.24) is 4.98 Å². The first-order valence-corrected chi connectivity index (χ1v) is 2.04. The third kappa shape index (κ3) is 0.932. The van der Waals surface area contributed by atoms with E-state index in [1.807, 2.05) is 0 Å².